The highest BCUT2D eigenvalue weighted by molar-refractivity contribution is 5.75. The van der Waals surface area contributed by atoms with E-state index in [2.05, 4.69) is 17.2 Å². The lowest BCUT2D eigenvalue weighted by Crippen LogP contribution is -2.45. The molecule has 1 unspecified atom stereocenters. The molecule has 21 heavy (non-hydrogen) atoms. The van der Waals surface area contributed by atoms with E-state index in [0.717, 1.165) is 12.1 Å². The maximum absolute atomic E-state index is 13.3. The van der Waals surface area contributed by atoms with Crippen molar-refractivity contribution in [1.29, 1.82) is 0 Å². The molecule has 2 atom stereocenters. The van der Waals surface area contributed by atoms with Crippen molar-refractivity contribution in [2.24, 2.45) is 0 Å². The van der Waals surface area contributed by atoms with Crippen LogP contribution in [0.5, 0.6) is 0 Å². The lowest BCUT2D eigenvalue weighted by molar-refractivity contribution is 0.213. The Morgan fingerprint density at radius 3 is 2.48 bits per heavy atom. The third-order valence-corrected chi connectivity index (χ3v) is 3.09. The number of urea groups is 1. The molecular formula is C15H20F2N2O2. The minimum absolute atomic E-state index is 0.174. The van der Waals surface area contributed by atoms with Gasteiger partial charge >= 0.3 is 6.03 Å². The Morgan fingerprint density at radius 1 is 1.33 bits per heavy atom. The SMILES string of the molecule is C=C(C)C(NC(=O)N[C@H](CC)CO)c1ccc(F)c(F)c1. The second kappa shape index (κ2) is 7.73. The fourth-order valence-corrected chi connectivity index (χ4v) is 1.82. The van der Waals surface area contributed by atoms with Crippen molar-refractivity contribution in [2.45, 2.75) is 32.4 Å². The van der Waals surface area contributed by atoms with E-state index in [1.807, 2.05) is 6.92 Å². The van der Waals surface area contributed by atoms with Crippen LogP contribution in [0.4, 0.5) is 13.6 Å². The lowest BCUT2D eigenvalue weighted by Gasteiger charge is -2.22. The highest BCUT2D eigenvalue weighted by atomic mass is 19.2. The minimum atomic E-state index is -0.984. The van der Waals surface area contributed by atoms with Crippen LogP contribution in [0.25, 0.3) is 0 Å². The summed E-state index contributed by atoms with van der Waals surface area (Å²) in [4.78, 5) is 11.9. The van der Waals surface area contributed by atoms with E-state index in [0.29, 0.717) is 17.6 Å². The van der Waals surface area contributed by atoms with E-state index in [4.69, 9.17) is 5.11 Å². The Hall–Kier alpha value is -1.95. The Bertz CT molecular complexity index is 516. The number of hydrogen-bond acceptors (Lipinski definition) is 2. The first-order valence-corrected chi connectivity index (χ1v) is 6.67. The number of halogens is 2. The number of carbonyl (C=O) groups excluding carboxylic acids is 1. The van der Waals surface area contributed by atoms with Crippen LogP contribution in [0, 0.1) is 11.6 Å². The molecule has 0 radical (unpaired) electrons. The maximum atomic E-state index is 13.3. The molecule has 0 aliphatic heterocycles. The van der Waals surface area contributed by atoms with Crippen molar-refractivity contribution in [2.75, 3.05) is 6.61 Å². The number of aliphatic hydroxyl groups is 1. The highest BCUT2D eigenvalue weighted by Crippen LogP contribution is 2.22. The molecule has 3 N–H and O–H groups in total. The van der Waals surface area contributed by atoms with Gasteiger partial charge < -0.3 is 15.7 Å². The molecule has 116 valence electrons. The molecule has 0 fully saturated rings. The standard InChI is InChI=1S/C15H20F2N2O2/c1-4-11(8-20)18-15(21)19-14(9(2)3)10-5-6-12(16)13(17)7-10/h5-7,11,14,20H,2,4,8H2,1,3H3,(H2,18,19,21)/t11-,14?/m1/s1. The predicted octanol–water partition coefficient (Wildman–Crippen LogP) is 2.65. The number of rotatable bonds is 6. The van der Waals surface area contributed by atoms with Crippen LogP contribution >= 0.6 is 0 Å². The third-order valence-electron chi connectivity index (χ3n) is 3.09. The molecule has 1 rings (SSSR count). The van der Waals surface area contributed by atoms with Gasteiger partial charge in [-0.25, -0.2) is 13.6 Å². The largest absolute Gasteiger partial charge is 0.394 e. The number of benzene rings is 1. The zero-order valence-corrected chi connectivity index (χ0v) is 12.1. The van der Waals surface area contributed by atoms with Gasteiger partial charge in [0.1, 0.15) is 0 Å². The molecule has 0 aliphatic carbocycles. The molecule has 0 spiro atoms. The molecule has 0 heterocycles. The predicted molar refractivity (Wildman–Crippen MR) is 76.7 cm³/mol. The van der Waals surface area contributed by atoms with Gasteiger partial charge in [0.25, 0.3) is 0 Å². The summed E-state index contributed by atoms with van der Waals surface area (Å²) in [5, 5.41) is 14.3. The molecule has 1 aromatic rings. The number of amides is 2. The Balaban J connectivity index is 2.85. The molecular weight excluding hydrogens is 278 g/mol. The van der Waals surface area contributed by atoms with Gasteiger partial charge in [-0.2, -0.15) is 0 Å². The van der Waals surface area contributed by atoms with Gasteiger partial charge in [0.15, 0.2) is 11.6 Å². The Kier molecular flexibility index (Phi) is 6.30. The number of hydrogen-bond donors (Lipinski definition) is 3. The molecule has 1 aromatic carbocycles. The first-order chi connectivity index (χ1) is 9.88. The van der Waals surface area contributed by atoms with Gasteiger partial charge in [0.05, 0.1) is 18.7 Å². The monoisotopic (exact) mass is 298 g/mol. The Labute approximate surface area is 122 Å². The molecule has 0 aromatic heterocycles. The zero-order valence-electron chi connectivity index (χ0n) is 12.1. The smallest absolute Gasteiger partial charge is 0.315 e. The average molecular weight is 298 g/mol. The molecule has 6 heteroatoms. The van der Waals surface area contributed by atoms with Crippen LogP contribution in [0.1, 0.15) is 31.9 Å². The molecule has 0 aliphatic rings. The zero-order chi connectivity index (χ0) is 16.0. The first kappa shape index (κ1) is 17.1. The normalized spacial score (nSPS) is 13.4. The molecule has 2 amide bonds. The van der Waals surface area contributed by atoms with Crippen LogP contribution in [0.2, 0.25) is 0 Å². The van der Waals surface area contributed by atoms with Gasteiger partial charge in [-0.3, -0.25) is 0 Å². The lowest BCUT2D eigenvalue weighted by atomic mass is 10.0. The summed E-state index contributed by atoms with van der Waals surface area (Å²) in [6.45, 7) is 7.08. The number of aliphatic hydroxyl groups excluding tert-OH is 1. The molecule has 0 saturated carbocycles. The van der Waals surface area contributed by atoms with Crippen LogP contribution in [-0.2, 0) is 0 Å². The maximum Gasteiger partial charge on any atom is 0.315 e. The summed E-state index contributed by atoms with van der Waals surface area (Å²) >= 11 is 0. The van der Waals surface area contributed by atoms with Crippen molar-refractivity contribution in [3.63, 3.8) is 0 Å². The van der Waals surface area contributed by atoms with Crippen LogP contribution in [0.15, 0.2) is 30.4 Å². The summed E-state index contributed by atoms with van der Waals surface area (Å²) in [6, 6.07) is 1.91. The van der Waals surface area contributed by atoms with Gasteiger partial charge in [-0.05, 0) is 31.0 Å². The van der Waals surface area contributed by atoms with Crippen molar-refractivity contribution in [3.05, 3.63) is 47.5 Å². The summed E-state index contributed by atoms with van der Waals surface area (Å²) < 4.78 is 26.3. The summed E-state index contributed by atoms with van der Waals surface area (Å²) in [5.41, 5.74) is 0.974. The second-order valence-corrected chi connectivity index (χ2v) is 4.86. The Morgan fingerprint density at radius 2 is 2.00 bits per heavy atom. The van der Waals surface area contributed by atoms with Crippen LogP contribution in [0.3, 0.4) is 0 Å². The van der Waals surface area contributed by atoms with Gasteiger partial charge in [0, 0.05) is 0 Å². The first-order valence-electron chi connectivity index (χ1n) is 6.67. The van der Waals surface area contributed by atoms with E-state index in [1.165, 1.54) is 6.07 Å². The summed E-state index contributed by atoms with van der Waals surface area (Å²) in [5.74, 6) is -1.93. The number of nitrogens with one attached hydrogen (secondary N) is 2. The number of carbonyl (C=O) groups is 1. The van der Waals surface area contributed by atoms with Crippen molar-refractivity contribution in [3.8, 4) is 0 Å². The van der Waals surface area contributed by atoms with E-state index in [1.54, 1.807) is 6.92 Å². The van der Waals surface area contributed by atoms with Crippen molar-refractivity contribution < 1.29 is 18.7 Å². The average Bonchev–Trinajstić information content (AvgIpc) is 2.45. The van der Waals surface area contributed by atoms with E-state index in [-0.39, 0.29) is 12.6 Å². The third kappa shape index (κ3) is 4.82. The van der Waals surface area contributed by atoms with Crippen molar-refractivity contribution >= 4 is 6.03 Å². The quantitative estimate of drug-likeness (QED) is 0.707. The van der Waals surface area contributed by atoms with Gasteiger partial charge in [0.2, 0.25) is 0 Å². The summed E-state index contributed by atoms with van der Waals surface area (Å²) in [6.07, 6.45) is 0.576. The van der Waals surface area contributed by atoms with Gasteiger partial charge in [-0.15, -0.1) is 0 Å². The van der Waals surface area contributed by atoms with E-state index >= 15 is 0 Å². The van der Waals surface area contributed by atoms with Crippen LogP contribution in [-0.4, -0.2) is 23.8 Å². The second-order valence-electron chi connectivity index (χ2n) is 4.86. The fourth-order valence-electron chi connectivity index (χ4n) is 1.82. The van der Waals surface area contributed by atoms with Crippen molar-refractivity contribution in [1.82, 2.24) is 10.6 Å². The minimum Gasteiger partial charge on any atom is -0.394 e. The molecule has 0 bridgehead atoms. The molecule has 4 nitrogen and oxygen atoms in total. The highest BCUT2D eigenvalue weighted by Gasteiger charge is 2.18. The van der Waals surface area contributed by atoms with E-state index in [9.17, 15) is 13.6 Å². The molecule has 0 saturated heterocycles. The fraction of sp³-hybridized carbons (Fsp3) is 0.400. The summed E-state index contributed by atoms with van der Waals surface area (Å²) in [7, 11) is 0. The van der Waals surface area contributed by atoms with E-state index < -0.39 is 23.7 Å². The van der Waals surface area contributed by atoms with Gasteiger partial charge in [-0.1, -0.05) is 25.1 Å². The van der Waals surface area contributed by atoms with Crippen LogP contribution < -0.4 is 10.6 Å². The topological polar surface area (TPSA) is 61.4 Å².